The summed E-state index contributed by atoms with van der Waals surface area (Å²) < 4.78 is 25.6. The molecule has 33 heavy (non-hydrogen) atoms. The number of anilines is 2. The maximum Gasteiger partial charge on any atom is 0.322 e. The van der Waals surface area contributed by atoms with Gasteiger partial charge in [-0.1, -0.05) is 17.7 Å². The standard InChI is InChI=1S/C22H25ClFN7O2/c1-32-19-10-17(11-25-28-19)30-12-14-5-6-15(13-30)20(14)26-21-27-22(31(29-21)8-7-24)33-18-4-2-3-16(23)9-18/h2-4,9-11,14-15,20H,5-8,12-13H2,1H3,(H,26,29)/t14-,15+,20-. The third kappa shape index (κ3) is 4.66. The van der Waals surface area contributed by atoms with E-state index in [9.17, 15) is 4.39 Å². The van der Waals surface area contributed by atoms with Gasteiger partial charge in [-0.15, -0.1) is 10.2 Å². The highest BCUT2D eigenvalue weighted by atomic mass is 35.5. The molecule has 2 aliphatic rings. The van der Waals surface area contributed by atoms with Crippen molar-refractivity contribution in [3.63, 3.8) is 0 Å². The Hall–Kier alpha value is -3.14. The Bertz CT molecular complexity index is 1100. The average molecular weight is 474 g/mol. The van der Waals surface area contributed by atoms with Crippen molar-refractivity contribution >= 4 is 23.2 Å². The van der Waals surface area contributed by atoms with Gasteiger partial charge in [0.25, 0.3) is 0 Å². The van der Waals surface area contributed by atoms with Crippen LogP contribution in [0.1, 0.15) is 12.8 Å². The highest BCUT2D eigenvalue weighted by molar-refractivity contribution is 6.30. The largest absolute Gasteiger partial charge is 0.480 e. The Morgan fingerprint density at radius 1 is 1.21 bits per heavy atom. The van der Waals surface area contributed by atoms with Gasteiger partial charge >= 0.3 is 6.01 Å². The van der Waals surface area contributed by atoms with Crippen molar-refractivity contribution in [1.29, 1.82) is 0 Å². The summed E-state index contributed by atoms with van der Waals surface area (Å²) in [5, 5.41) is 16.5. The first-order chi connectivity index (χ1) is 16.1. The monoisotopic (exact) mass is 473 g/mol. The predicted molar refractivity (Wildman–Crippen MR) is 122 cm³/mol. The summed E-state index contributed by atoms with van der Waals surface area (Å²) in [5.41, 5.74) is 1.01. The second-order valence-corrected chi connectivity index (χ2v) is 8.75. The number of nitrogens with one attached hydrogen (secondary N) is 1. The molecule has 1 aromatic carbocycles. The minimum absolute atomic E-state index is 0.0623. The number of aryl methyl sites for hydroxylation is 1. The van der Waals surface area contributed by atoms with Gasteiger partial charge in [-0.3, -0.25) is 0 Å². The third-order valence-electron chi connectivity index (χ3n) is 6.26. The Morgan fingerprint density at radius 3 is 2.76 bits per heavy atom. The smallest absolute Gasteiger partial charge is 0.322 e. The zero-order valence-electron chi connectivity index (χ0n) is 18.2. The Morgan fingerprint density at radius 2 is 2.03 bits per heavy atom. The van der Waals surface area contributed by atoms with Gasteiger partial charge in [0.1, 0.15) is 12.4 Å². The second kappa shape index (κ2) is 9.38. The van der Waals surface area contributed by atoms with Crippen LogP contribution in [0.2, 0.25) is 5.02 Å². The molecule has 1 aliphatic heterocycles. The number of nitrogens with zero attached hydrogens (tertiary/aromatic N) is 6. The number of methoxy groups -OCH3 is 1. The minimum Gasteiger partial charge on any atom is -0.480 e. The number of hydrogen-bond acceptors (Lipinski definition) is 8. The molecule has 3 atom stereocenters. The van der Waals surface area contributed by atoms with Crippen LogP contribution in [-0.2, 0) is 6.54 Å². The summed E-state index contributed by atoms with van der Waals surface area (Å²) in [6.45, 7) is 1.27. The molecule has 2 bridgehead atoms. The highest BCUT2D eigenvalue weighted by Gasteiger charge is 2.42. The SMILES string of the molecule is COc1cc(N2C[C@H]3CC[C@@H](C2)[C@@H]3Nc2nc(Oc3cccc(Cl)c3)n(CCF)n2)cnn1. The van der Waals surface area contributed by atoms with Crippen molar-refractivity contribution in [3.05, 3.63) is 41.6 Å². The minimum atomic E-state index is -0.568. The Kier molecular flexibility index (Phi) is 6.17. The maximum absolute atomic E-state index is 13.1. The Labute approximate surface area is 195 Å². The maximum atomic E-state index is 13.1. The van der Waals surface area contributed by atoms with Gasteiger partial charge in [0.05, 0.1) is 25.5 Å². The first-order valence-corrected chi connectivity index (χ1v) is 11.3. The van der Waals surface area contributed by atoms with Crippen molar-refractivity contribution in [2.75, 3.05) is 37.1 Å². The number of rotatable bonds is 8. The molecule has 0 unspecified atom stereocenters. The topological polar surface area (TPSA) is 90.2 Å². The third-order valence-corrected chi connectivity index (χ3v) is 6.50. The van der Waals surface area contributed by atoms with E-state index in [1.165, 1.54) is 4.68 Å². The van der Waals surface area contributed by atoms with Crippen molar-refractivity contribution in [2.45, 2.75) is 25.4 Å². The van der Waals surface area contributed by atoms with E-state index in [1.807, 2.05) is 6.07 Å². The number of ether oxygens (including phenoxy) is 2. The van der Waals surface area contributed by atoms with Crippen LogP contribution in [0.15, 0.2) is 36.5 Å². The van der Waals surface area contributed by atoms with Crippen LogP contribution in [0.25, 0.3) is 0 Å². The molecule has 0 radical (unpaired) electrons. The van der Waals surface area contributed by atoms with E-state index in [0.717, 1.165) is 31.6 Å². The molecule has 1 saturated carbocycles. The summed E-state index contributed by atoms with van der Waals surface area (Å²) in [7, 11) is 1.59. The van der Waals surface area contributed by atoms with Crippen molar-refractivity contribution in [2.24, 2.45) is 11.8 Å². The highest BCUT2D eigenvalue weighted by Crippen LogP contribution is 2.40. The number of benzene rings is 1. The zero-order chi connectivity index (χ0) is 22.8. The first kappa shape index (κ1) is 21.7. The number of hydrogen-bond donors (Lipinski definition) is 1. The molecule has 1 saturated heterocycles. The molecule has 9 nitrogen and oxygen atoms in total. The van der Waals surface area contributed by atoms with Gasteiger partial charge in [0.2, 0.25) is 11.8 Å². The molecule has 0 spiro atoms. The number of piperidine rings is 1. The van der Waals surface area contributed by atoms with Gasteiger partial charge in [-0.2, -0.15) is 10.1 Å². The molecular weight excluding hydrogens is 449 g/mol. The summed E-state index contributed by atoms with van der Waals surface area (Å²) in [5.74, 6) is 2.33. The summed E-state index contributed by atoms with van der Waals surface area (Å²) in [6.07, 6.45) is 4.01. The van der Waals surface area contributed by atoms with E-state index in [1.54, 1.807) is 37.6 Å². The van der Waals surface area contributed by atoms with Crippen LogP contribution in [0.3, 0.4) is 0 Å². The van der Waals surface area contributed by atoms with Crippen LogP contribution in [0, 0.1) is 11.8 Å². The van der Waals surface area contributed by atoms with E-state index in [-0.39, 0.29) is 18.6 Å². The van der Waals surface area contributed by atoms with Crippen molar-refractivity contribution < 1.29 is 13.9 Å². The van der Waals surface area contributed by atoms with E-state index >= 15 is 0 Å². The molecule has 5 rings (SSSR count). The zero-order valence-corrected chi connectivity index (χ0v) is 19.0. The van der Waals surface area contributed by atoms with E-state index in [0.29, 0.717) is 34.4 Å². The van der Waals surface area contributed by atoms with Gasteiger partial charge in [-0.05, 0) is 42.9 Å². The normalized spacial score (nSPS) is 21.8. The van der Waals surface area contributed by atoms with Crippen molar-refractivity contribution in [1.82, 2.24) is 25.0 Å². The molecule has 0 amide bonds. The fourth-order valence-electron chi connectivity index (χ4n) is 4.75. The summed E-state index contributed by atoms with van der Waals surface area (Å²) in [6, 6.07) is 9.38. The lowest BCUT2D eigenvalue weighted by Gasteiger charge is -2.39. The molecule has 1 aliphatic carbocycles. The second-order valence-electron chi connectivity index (χ2n) is 8.32. The van der Waals surface area contributed by atoms with E-state index in [4.69, 9.17) is 21.1 Å². The van der Waals surface area contributed by atoms with Gasteiger partial charge < -0.3 is 19.7 Å². The number of fused-ring (bicyclic) bond motifs is 2. The molecular formula is C22H25ClFN7O2. The van der Waals surface area contributed by atoms with Crippen LogP contribution in [0.4, 0.5) is 16.0 Å². The fraction of sp³-hybridized carbons (Fsp3) is 0.455. The first-order valence-electron chi connectivity index (χ1n) is 11.0. The summed E-state index contributed by atoms with van der Waals surface area (Å²) in [4.78, 5) is 6.84. The van der Waals surface area contributed by atoms with Crippen LogP contribution < -0.4 is 19.7 Å². The lowest BCUT2D eigenvalue weighted by Crippen LogP contribution is -2.48. The Balaban J connectivity index is 1.30. The van der Waals surface area contributed by atoms with E-state index in [2.05, 4.69) is 30.5 Å². The van der Waals surface area contributed by atoms with Crippen LogP contribution >= 0.6 is 11.6 Å². The fourth-order valence-corrected chi connectivity index (χ4v) is 4.93. The number of halogens is 2. The van der Waals surface area contributed by atoms with Crippen molar-refractivity contribution in [3.8, 4) is 17.6 Å². The average Bonchev–Trinajstić information content (AvgIpc) is 3.28. The number of alkyl halides is 1. The molecule has 1 N–H and O–H groups in total. The molecule has 174 valence electrons. The predicted octanol–water partition coefficient (Wildman–Crippen LogP) is 3.82. The van der Waals surface area contributed by atoms with Crippen LogP contribution in [0.5, 0.6) is 17.6 Å². The van der Waals surface area contributed by atoms with Gasteiger partial charge in [-0.25, -0.2) is 9.07 Å². The quantitative estimate of drug-likeness (QED) is 0.528. The lowest BCUT2D eigenvalue weighted by atomic mass is 9.92. The van der Waals surface area contributed by atoms with Gasteiger partial charge in [0.15, 0.2) is 0 Å². The number of aromatic nitrogens is 5. The van der Waals surface area contributed by atoms with Crippen LogP contribution in [-0.4, -0.2) is 57.9 Å². The lowest BCUT2D eigenvalue weighted by molar-refractivity contribution is 0.363. The van der Waals surface area contributed by atoms with Gasteiger partial charge in [0, 0.05) is 30.2 Å². The van der Waals surface area contributed by atoms with E-state index < -0.39 is 6.67 Å². The summed E-state index contributed by atoms with van der Waals surface area (Å²) >= 11 is 6.04. The molecule has 3 heterocycles. The molecule has 3 aromatic rings. The molecule has 2 aromatic heterocycles. The molecule has 2 fully saturated rings. The molecule has 11 heteroatoms.